The minimum atomic E-state index is -0.928. The van der Waals surface area contributed by atoms with Gasteiger partial charge in [-0.2, -0.15) is 0 Å². The number of hydrogen-bond acceptors (Lipinski definition) is 3. The summed E-state index contributed by atoms with van der Waals surface area (Å²) in [4.78, 5) is 22.1. The first-order chi connectivity index (χ1) is 8.40. The summed E-state index contributed by atoms with van der Waals surface area (Å²) in [5.74, 6) is -2.12. The molecule has 4 nitrogen and oxygen atoms in total. The summed E-state index contributed by atoms with van der Waals surface area (Å²) in [5.41, 5.74) is 4.63. The van der Waals surface area contributed by atoms with Crippen LogP contribution in [0, 0.1) is 11.6 Å². The molecule has 0 unspecified atom stereocenters. The number of carbonyl (C=O) groups excluding carboxylic acids is 2. The summed E-state index contributed by atoms with van der Waals surface area (Å²) in [6.07, 6.45) is -1.26. The van der Waals surface area contributed by atoms with Gasteiger partial charge in [-0.1, -0.05) is 0 Å². The number of rotatable bonds is 5. The van der Waals surface area contributed by atoms with Gasteiger partial charge in [0.1, 0.15) is 17.7 Å². The predicted molar refractivity (Wildman–Crippen MR) is 60.1 cm³/mol. The van der Waals surface area contributed by atoms with E-state index in [0.717, 1.165) is 12.1 Å². The standard InChI is InChI=1S/C12H13F2NO3/c1-7(18-12(15)17)2-5-11(16)9-4-3-8(13)6-10(9)14/h3-4,6-7H,2,5H2,1H3,(H2,15,17)/t7-/m0/s1. The van der Waals surface area contributed by atoms with E-state index in [0.29, 0.717) is 6.07 Å². The molecule has 0 heterocycles. The summed E-state index contributed by atoms with van der Waals surface area (Å²) in [6.45, 7) is 1.57. The topological polar surface area (TPSA) is 69.4 Å². The maximum atomic E-state index is 13.3. The van der Waals surface area contributed by atoms with E-state index in [1.54, 1.807) is 6.92 Å². The zero-order chi connectivity index (χ0) is 13.7. The number of Topliss-reactive ketones (excluding diaryl/α,β-unsaturated/α-hetero) is 1. The van der Waals surface area contributed by atoms with Gasteiger partial charge in [-0.25, -0.2) is 13.6 Å². The quantitative estimate of drug-likeness (QED) is 0.823. The van der Waals surface area contributed by atoms with Crippen molar-refractivity contribution in [2.45, 2.75) is 25.9 Å². The molecule has 1 atom stereocenters. The largest absolute Gasteiger partial charge is 0.447 e. The molecule has 2 N–H and O–H groups in total. The molecule has 0 saturated heterocycles. The molecule has 0 aromatic heterocycles. The normalized spacial score (nSPS) is 11.9. The molecular formula is C12H13F2NO3. The van der Waals surface area contributed by atoms with Gasteiger partial charge >= 0.3 is 6.09 Å². The van der Waals surface area contributed by atoms with Gasteiger partial charge in [-0.3, -0.25) is 4.79 Å². The maximum Gasteiger partial charge on any atom is 0.404 e. The van der Waals surface area contributed by atoms with Crippen LogP contribution in [0.15, 0.2) is 18.2 Å². The highest BCUT2D eigenvalue weighted by Gasteiger charge is 2.15. The molecule has 0 bridgehead atoms. The number of ether oxygens (including phenoxy) is 1. The summed E-state index contributed by atoms with van der Waals surface area (Å²) in [5, 5.41) is 0. The second kappa shape index (κ2) is 6.09. The third-order valence-electron chi connectivity index (χ3n) is 2.33. The molecule has 18 heavy (non-hydrogen) atoms. The number of halogens is 2. The molecule has 0 saturated carbocycles. The van der Waals surface area contributed by atoms with Gasteiger partial charge in [-0.05, 0) is 25.5 Å². The molecule has 1 amide bonds. The lowest BCUT2D eigenvalue weighted by Gasteiger charge is -2.10. The van der Waals surface area contributed by atoms with Crippen LogP contribution < -0.4 is 5.73 Å². The van der Waals surface area contributed by atoms with Gasteiger partial charge in [0.25, 0.3) is 0 Å². The van der Waals surface area contributed by atoms with Crippen LogP contribution in [-0.4, -0.2) is 18.0 Å². The van der Waals surface area contributed by atoms with E-state index >= 15 is 0 Å². The van der Waals surface area contributed by atoms with Crippen LogP contribution in [0.3, 0.4) is 0 Å². The van der Waals surface area contributed by atoms with E-state index in [1.807, 2.05) is 0 Å². The van der Waals surface area contributed by atoms with Gasteiger partial charge < -0.3 is 10.5 Å². The Morgan fingerprint density at radius 2 is 2.06 bits per heavy atom. The number of nitrogens with two attached hydrogens (primary N) is 1. The predicted octanol–water partition coefficient (Wildman–Crippen LogP) is 2.41. The van der Waals surface area contributed by atoms with Crippen molar-refractivity contribution in [3.8, 4) is 0 Å². The lowest BCUT2D eigenvalue weighted by molar-refractivity contribution is 0.0894. The molecule has 1 rings (SSSR count). The molecule has 0 fully saturated rings. The summed E-state index contributed by atoms with van der Waals surface area (Å²) < 4.78 is 30.5. The van der Waals surface area contributed by atoms with Crippen molar-refractivity contribution < 1.29 is 23.1 Å². The highest BCUT2D eigenvalue weighted by molar-refractivity contribution is 5.96. The molecule has 0 spiro atoms. The first-order valence-corrected chi connectivity index (χ1v) is 5.34. The molecule has 1 aromatic rings. The van der Waals surface area contributed by atoms with Crippen LogP contribution in [0.2, 0.25) is 0 Å². The average molecular weight is 257 g/mol. The lowest BCUT2D eigenvalue weighted by Crippen LogP contribution is -2.21. The second-order valence-corrected chi connectivity index (χ2v) is 3.83. The summed E-state index contributed by atoms with van der Waals surface area (Å²) in [6, 6.07) is 2.75. The Morgan fingerprint density at radius 1 is 1.39 bits per heavy atom. The van der Waals surface area contributed by atoms with Gasteiger partial charge in [0.05, 0.1) is 5.56 Å². The number of hydrogen-bond donors (Lipinski definition) is 1. The zero-order valence-electron chi connectivity index (χ0n) is 9.78. The van der Waals surface area contributed by atoms with Crippen LogP contribution >= 0.6 is 0 Å². The van der Waals surface area contributed by atoms with E-state index in [-0.39, 0.29) is 18.4 Å². The Kier molecular flexibility index (Phi) is 4.76. The fourth-order valence-electron chi connectivity index (χ4n) is 1.44. The summed E-state index contributed by atoms with van der Waals surface area (Å²) in [7, 11) is 0. The van der Waals surface area contributed by atoms with Crippen molar-refractivity contribution in [1.29, 1.82) is 0 Å². The molecule has 0 aliphatic rings. The van der Waals surface area contributed by atoms with E-state index < -0.39 is 29.6 Å². The Labute approximate surface area is 103 Å². The number of amides is 1. The zero-order valence-corrected chi connectivity index (χ0v) is 9.78. The molecule has 6 heteroatoms. The minimum Gasteiger partial charge on any atom is -0.447 e. The summed E-state index contributed by atoms with van der Waals surface area (Å²) >= 11 is 0. The Hall–Kier alpha value is -1.98. The maximum absolute atomic E-state index is 13.3. The fourth-order valence-corrected chi connectivity index (χ4v) is 1.44. The first-order valence-electron chi connectivity index (χ1n) is 5.34. The van der Waals surface area contributed by atoms with E-state index in [9.17, 15) is 18.4 Å². The van der Waals surface area contributed by atoms with Crippen molar-refractivity contribution in [1.82, 2.24) is 0 Å². The van der Waals surface area contributed by atoms with Crippen LogP contribution in [0.1, 0.15) is 30.1 Å². The highest BCUT2D eigenvalue weighted by atomic mass is 19.1. The van der Waals surface area contributed by atoms with Crippen LogP contribution in [0.25, 0.3) is 0 Å². The van der Waals surface area contributed by atoms with E-state index in [4.69, 9.17) is 5.73 Å². The van der Waals surface area contributed by atoms with Gasteiger partial charge in [0, 0.05) is 12.5 Å². The van der Waals surface area contributed by atoms with Crippen LogP contribution in [-0.2, 0) is 4.74 Å². The molecule has 1 aromatic carbocycles. The van der Waals surface area contributed by atoms with Crippen molar-refractivity contribution >= 4 is 11.9 Å². The fraction of sp³-hybridized carbons (Fsp3) is 0.333. The lowest BCUT2D eigenvalue weighted by atomic mass is 10.0. The first kappa shape index (κ1) is 14.1. The van der Waals surface area contributed by atoms with E-state index in [1.165, 1.54) is 0 Å². The number of ketones is 1. The van der Waals surface area contributed by atoms with Crippen LogP contribution in [0.4, 0.5) is 13.6 Å². The molecule has 0 aliphatic carbocycles. The smallest absolute Gasteiger partial charge is 0.404 e. The SMILES string of the molecule is C[C@@H](CCC(=O)c1ccc(F)cc1F)OC(N)=O. The minimum absolute atomic E-state index is 0.0169. The highest BCUT2D eigenvalue weighted by Crippen LogP contribution is 2.14. The molecule has 0 aliphatic heterocycles. The molecule has 98 valence electrons. The Morgan fingerprint density at radius 3 is 2.61 bits per heavy atom. The number of primary amides is 1. The van der Waals surface area contributed by atoms with Crippen molar-refractivity contribution in [2.75, 3.05) is 0 Å². The number of carbonyl (C=O) groups is 2. The molecule has 0 radical (unpaired) electrons. The molecular weight excluding hydrogens is 244 g/mol. The van der Waals surface area contributed by atoms with Crippen molar-refractivity contribution in [2.24, 2.45) is 5.73 Å². The van der Waals surface area contributed by atoms with Gasteiger partial charge in [0.15, 0.2) is 5.78 Å². The van der Waals surface area contributed by atoms with Crippen molar-refractivity contribution in [3.05, 3.63) is 35.4 Å². The Bertz CT molecular complexity index is 463. The van der Waals surface area contributed by atoms with Gasteiger partial charge in [-0.15, -0.1) is 0 Å². The van der Waals surface area contributed by atoms with Crippen molar-refractivity contribution in [3.63, 3.8) is 0 Å². The Balaban J connectivity index is 2.58. The average Bonchev–Trinajstić information content (AvgIpc) is 2.25. The van der Waals surface area contributed by atoms with Crippen LogP contribution in [0.5, 0.6) is 0 Å². The van der Waals surface area contributed by atoms with E-state index in [2.05, 4.69) is 4.74 Å². The van der Waals surface area contributed by atoms with Gasteiger partial charge in [0.2, 0.25) is 0 Å². The monoisotopic (exact) mass is 257 g/mol. The third kappa shape index (κ3) is 4.12. The third-order valence-corrected chi connectivity index (χ3v) is 2.33. The number of benzene rings is 1. The second-order valence-electron chi connectivity index (χ2n) is 3.83.